The van der Waals surface area contributed by atoms with Gasteiger partial charge in [0.2, 0.25) is 6.79 Å². The van der Waals surface area contributed by atoms with Crippen LogP contribution in [-0.2, 0) is 13.6 Å². The summed E-state index contributed by atoms with van der Waals surface area (Å²) in [5.74, 6) is 1.62. The lowest BCUT2D eigenvalue weighted by molar-refractivity contribution is -0.137. The van der Waals surface area contributed by atoms with Gasteiger partial charge in [-0.3, -0.25) is 4.79 Å². The molecule has 1 aromatic carbocycles. The standard InChI is InChI=1S/C14H16O4S2/c1-19-14(20-2,10-6-13(15)16-7-10)9-3-4-11-12(5-9)18-8-17-11/h3-5,10H,6-8H2,1-2H3. The predicted octanol–water partition coefficient (Wildman–Crippen LogP) is 2.86. The molecule has 1 atom stereocenters. The zero-order valence-electron chi connectivity index (χ0n) is 11.4. The molecule has 1 saturated heterocycles. The second kappa shape index (κ2) is 5.41. The van der Waals surface area contributed by atoms with Gasteiger partial charge in [-0.2, -0.15) is 0 Å². The first-order chi connectivity index (χ1) is 9.69. The molecule has 4 nitrogen and oxygen atoms in total. The summed E-state index contributed by atoms with van der Waals surface area (Å²) < 4.78 is 15.8. The number of thioether (sulfide) groups is 2. The van der Waals surface area contributed by atoms with Crippen molar-refractivity contribution in [1.29, 1.82) is 0 Å². The Hall–Kier alpha value is -1.01. The quantitative estimate of drug-likeness (QED) is 0.629. The first kappa shape index (κ1) is 13.9. The van der Waals surface area contributed by atoms with E-state index in [1.54, 1.807) is 23.5 Å². The van der Waals surface area contributed by atoms with Gasteiger partial charge in [-0.25, -0.2) is 0 Å². The van der Waals surface area contributed by atoms with Gasteiger partial charge in [0.15, 0.2) is 11.5 Å². The van der Waals surface area contributed by atoms with E-state index in [9.17, 15) is 4.79 Å². The van der Waals surface area contributed by atoms with Crippen LogP contribution in [-0.4, -0.2) is 31.9 Å². The monoisotopic (exact) mass is 312 g/mol. The molecule has 0 N–H and O–H groups in total. The first-order valence-corrected chi connectivity index (χ1v) is 8.80. The normalized spacial score (nSPS) is 21.1. The average molecular weight is 312 g/mol. The number of hydrogen-bond acceptors (Lipinski definition) is 6. The van der Waals surface area contributed by atoms with E-state index in [0.29, 0.717) is 13.0 Å². The molecule has 0 amide bonds. The van der Waals surface area contributed by atoms with Gasteiger partial charge >= 0.3 is 5.97 Å². The molecule has 0 aromatic heterocycles. The Morgan fingerprint density at radius 3 is 2.55 bits per heavy atom. The number of rotatable bonds is 4. The largest absolute Gasteiger partial charge is 0.465 e. The molecule has 1 aromatic rings. The smallest absolute Gasteiger partial charge is 0.306 e. The summed E-state index contributed by atoms with van der Waals surface area (Å²) >= 11 is 3.50. The predicted molar refractivity (Wildman–Crippen MR) is 80.3 cm³/mol. The van der Waals surface area contributed by atoms with Crippen molar-refractivity contribution in [3.8, 4) is 11.5 Å². The molecule has 1 unspecified atom stereocenters. The zero-order chi connectivity index (χ0) is 14.2. The summed E-state index contributed by atoms with van der Waals surface area (Å²) in [6.07, 6.45) is 4.61. The molecule has 20 heavy (non-hydrogen) atoms. The highest BCUT2D eigenvalue weighted by Crippen LogP contribution is 2.54. The fourth-order valence-corrected chi connectivity index (χ4v) is 5.12. The Labute approximate surface area is 126 Å². The van der Waals surface area contributed by atoms with E-state index in [4.69, 9.17) is 14.2 Å². The molecular formula is C14H16O4S2. The van der Waals surface area contributed by atoms with E-state index >= 15 is 0 Å². The topological polar surface area (TPSA) is 44.8 Å². The van der Waals surface area contributed by atoms with Crippen LogP contribution < -0.4 is 9.47 Å². The number of benzene rings is 1. The summed E-state index contributed by atoms with van der Waals surface area (Å²) in [4.78, 5) is 11.5. The van der Waals surface area contributed by atoms with Crippen LogP contribution >= 0.6 is 23.5 Å². The fraction of sp³-hybridized carbons (Fsp3) is 0.500. The van der Waals surface area contributed by atoms with Crippen molar-refractivity contribution in [2.45, 2.75) is 10.5 Å². The Kier molecular flexibility index (Phi) is 3.77. The number of fused-ring (bicyclic) bond motifs is 1. The number of cyclic esters (lactones) is 1. The maximum atomic E-state index is 11.5. The third-order valence-corrected chi connectivity index (χ3v) is 7.13. The molecule has 2 aliphatic heterocycles. The number of esters is 1. The minimum Gasteiger partial charge on any atom is -0.465 e. The van der Waals surface area contributed by atoms with E-state index in [0.717, 1.165) is 17.1 Å². The lowest BCUT2D eigenvalue weighted by atomic mass is 9.96. The summed E-state index contributed by atoms with van der Waals surface area (Å²) in [5.41, 5.74) is 1.14. The number of ether oxygens (including phenoxy) is 3. The van der Waals surface area contributed by atoms with Gasteiger partial charge in [0.1, 0.15) is 0 Å². The lowest BCUT2D eigenvalue weighted by Crippen LogP contribution is -2.28. The molecule has 108 valence electrons. The fourth-order valence-electron chi connectivity index (χ4n) is 2.76. The highest BCUT2D eigenvalue weighted by Gasteiger charge is 2.44. The molecule has 0 aliphatic carbocycles. The molecule has 0 saturated carbocycles. The molecule has 2 aliphatic rings. The molecule has 6 heteroatoms. The number of carbonyl (C=O) groups excluding carboxylic acids is 1. The Balaban J connectivity index is 1.99. The summed E-state index contributed by atoms with van der Waals surface area (Å²) in [7, 11) is 0. The second-order valence-electron chi connectivity index (χ2n) is 4.73. The lowest BCUT2D eigenvalue weighted by Gasteiger charge is -2.35. The van der Waals surface area contributed by atoms with E-state index in [2.05, 4.69) is 18.6 Å². The Bertz CT molecular complexity index is 528. The zero-order valence-corrected chi connectivity index (χ0v) is 13.0. The van der Waals surface area contributed by atoms with Crippen molar-refractivity contribution in [2.24, 2.45) is 5.92 Å². The summed E-state index contributed by atoms with van der Waals surface area (Å²) in [6.45, 7) is 0.754. The summed E-state index contributed by atoms with van der Waals surface area (Å²) in [5, 5.41) is 0. The van der Waals surface area contributed by atoms with Crippen molar-refractivity contribution >= 4 is 29.5 Å². The van der Waals surface area contributed by atoms with Crippen molar-refractivity contribution in [3.05, 3.63) is 23.8 Å². The van der Waals surface area contributed by atoms with Crippen molar-refractivity contribution in [2.75, 3.05) is 25.9 Å². The van der Waals surface area contributed by atoms with Crippen LogP contribution in [0.15, 0.2) is 18.2 Å². The van der Waals surface area contributed by atoms with Crippen molar-refractivity contribution < 1.29 is 19.0 Å². The van der Waals surface area contributed by atoms with Crippen LogP contribution in [0.4, 0.5) is 0 Å². The third-order valence-electron chi connectivity index (χ3n) is 3.78. The Morgan fingerprint density at radius 2 is 1.90 bits per heavy atom. The van der Waals surface area contributed by atoms with Crippen LogP contribution in [0.2, 0.25) is 0 Å². The minimum atomic E-state index is -0.201. The van der Waals surface area contributed by atoms with Crippen LogP contribution in [0.3, 0.4) is 0 Å². The number of hydrogen-bond donors (Lipinski definition) is 0. The van der Waals surface area contributed by atoms with Gasteiger partial charge < -0.3 is 14.2 Å². The third kappa shape index (κ3) is 2.15. The molecule has 2 heterocycles. The van der Waals surface area contributed by atoms with Gasteiger partial charge in [-0.1, -0.05) is 6.07 Å². The van der Waals surface area contributed by atoms with E-state index < -0.39 is 0 Å². The van der Waals surface area contributed by atoms with Gasteiger partial charge in [-0.15, -0.1) is 23.5 Å². The molecule has 1 fully saturated rings. The molecular weight excluding hydrogens is 296 g/mol. The van der Waals surface area contributed by atoms with Gasteiger partial charge in [-0.05, 0) is 30.2 Å². The maximum Gasteiger partial charge on any atom is 0.306 e. The van der Waals surface area contributed by atoms with Crippen LogP contribution in [0.25, 0.3) is 0 Å². The first-order valence-electron chi connectivity index (χ1n) is 6.35. The molecule has 0 bridgehead atoms. The number of carbonyl (C=O) groups is 1. The van der Waals surface area contributed by atoms with Crippen LogP contribution in [0, 0.1) is 5.92 Å². The summed E-state index contributed by atoms with van der Waals surface area (Å²) in [6, 6.07) is 6.03. The van der Waals surface area contributed by atoms with Gasteiger partial charge in [0.25, 0.3) is 0 Å². The Morgan fingerprint density at radius 1 is 1.15 bits per heavy atom. The maximum absolute atomic E-state index is 11.5. The van der Waals surface area contributed by atoms with Crippen molar-refractivity contribution in [3.63, 3.8) is 0 Å². The van der Waals surface area contributed by atoms with E-state index in [1.165, 1.54) is 0 Å². The average Bonchev–Trinajstić information content (AvgIpc) is 3.09. The van der Waals surface area contributed by atoms with Crippen LogP contribution in [0.1, 0.15) is 12.0 Å². The molecule has 3 rings (SSSR count). The molecule has 0 spiro atoms. The van der Waals surface area contributed by atoms with E-state index in [-0.39, 0.29) is 22.8 Å². The SMILES string of the molecule is CSC(SC)(c1ccc2c(c1)OCO2)C1COC(=O)C1. The molecule has 0 radical (unpaired) electrons. The highest BCUT2D eigenvalue weighted by atomic mass is 32.2. The van der Waals surface area contributed by atoms with Gasteiger partial charge in [0, 0.05) is 5.92 Å². The minimum absolute atomic E-state index is 0.108. The van der Waals surface area contributed by atoms with Crippen LogP contribution in [0.5, 0.6) is 11.5 Å². The van der Waals surface area contributed by atoms with Crippen molar-refractivity contribution in [1.82, 2.24) is 0 Å². The highest BCUT2D eigenvalue weighted by molar-refractivity contribution is 8.16. The second-order valence-corrected chi connectivity index (χ2v) is 7.09. The van der Waals surface area contributed by atoms with Gasteiger partial charge in [0.05, 0.1) is 17.1 Å². The van der Waals surface area contributed by atoms with E-state index in [1.807, 2.05) is 12.1 Å².